The number of hydrogen-bond donors (Lipinski definition) is 1. The van der Waals surface area contributed by atoms with E-state index in [0.29, 0.717) is 30.6 Å². The molecule has 0 aliphatic carbocycles. The first-order chi connectivity index (χ1) is 16.4. The summed E-state index contributed by atoms with van der Waals surface area (Å²) in [7, 11) is -7.89. The molecule has 0 saturated carbocycles. The van der Waals surface area contributed by atoms with Crippen LogP contribution in [0.2, 0.25) is 0 Å². The second-order valence-corrected chi connectivity index (χ2v) is 15.5. The van der Waals surface area contributed by atoms with Crippen molar-refractivity contribution in [2.75, 3.05) is 6.54 Å². The lowest BCUT2D eigenvalue weighted by Crippen LogP contribution is -2.51. The van der Waals surface area contributed by atoms with Gasteiger partial charge in [-0.15, -0.1) is 11.3 Å². The third kappa shape index (κ3) is 5.37. The molecular weight excluding hydrogens is 524 g/mol. The first-order valence-corrected chi connectivity index (χ1v) is 16.3. The summed E-state index contributed by atoms with van der Waals surface area (Å²) in [6, 6.07) is 0.619. The number of thiophene rings is 1. The number of esters is 1. The van der Waals surface area contributed by atoms with Crippen LogP contribution in [0.1, 0.15) is 92.7 Å². The number of fused-ring (bicyclic) bond motifs is 1. The quantitative estimate of drug-likeness (QED) is 0.423. The van der Waals surface area contributed by atoms with Crippen LogP contribution in [0.5, 0.6) is 0 Å². The average molecular weight is 565 g/mol. The van der Waals surface area contributed by atoms with E-state index in [4.69, 9.17) is 9.88 Å². The zero-order chi connectivity index (χ0) is 27.9. The van der Waals surface area contributed by atoms with Gasteiger partial charge in [-0.3, -0.25) is 9.59 Å². The minimum atomic E-state index is -4.13. The number of sulfone groups is 1. The molecule has 0 spiro atoms. The number of carbonyl (C=O) groups excluding carboxylic acids is 2. The highest BCUT2D eigenvalue weighted by Gasteiger charge is 2.48. The number of nitrogens with two attached hydrogens (primary N) is 1. The van der Waals surface area contributed by atoms with Crippen LogP contribution in [0.25, 0.3) is 0 Å². The molecular formula is C24H40N2O7S3. The Morgan fingerprint density at radius 3 is 2.19 bits per heavy atom. The maximum Gasteiger partial charge on any atom is 0.312 e. The predicted octanol–water partition coefficient (Wildman–Crippen LogP) is 4.03. The van der Waals surface area contributed by atoms with Crippen LogP contribution in [0.15, 0.2) is 14.5 Å². The van der Waals surface area contributed by atoms with Gasteiger partial charge in [-0.25, -0.2) is 22.0 Å². The molecule has 9 nitrogen and oxygen atoms in total. The SMILES string of the molecule is CCN(C(=O)C(C)(CC)C(C)OC(=O)C(C)(CC)CC)[C@@H]1C[C@@H](C)S(=O)(=O)c2sc(S(N)(=O)=O)cc21. The molecule has 1 aliphatic rings. The molecule has 2 rings (SSSR count). The summed E-state index contributed by atoms with van der Waals surface area (Å²) in [6.45, 7) is 14.6. The molecule has 0 radical (unpaired) electrons. The minimum Gasteiger partial charge on any atom is -0.461 e. The molecule has 1 aliphatic heterocycles. The summed E-state index contributed by atoms with van der Waals surface area (Å²) in [4.78, 5) is 28.6. The van der Waals surface area contributed by atoms with E-state index < -0.39 is 48.1 Å². The summed E-state index contributed by atoms with van der Waals surface area (Å²) in [6.07, 6.45) is 0.975. The Bertz CT molecular complexity index is 1200. The highest BCUT2D eigenvalue weighted by molar-refractivity contribution is 7.95. The van der Waals surface area contributed by atoms with Crippen molar-refractivity contribution in [2.24, 2.45) is 16.0 Å². The summed E-state index contributed by atoms with van der Waals surface area (Å²) < 4.78 is 55.6. The lowest BCUT2D eigenvalue weighted by molar-refractivity contribution is -0.172. The number of nitrogens with zero attached hydrogens (tertiary/aromatic N) is 1. The zero-order valence-electron chi connectivity index (χ0n) is 22.5. The first-order valence-electron chi connectivity index (χ1n) is 12.4. The monoisotopic (exact) mass is 564 g/mol. The van der Waals surface area contributed by atoms with Crippen LogP contribution in [-0.2, 0) is 34.2 Å². The fourth-order valence-corrected chi connectivity index (χ4v) is 8.82. The molecule has 2 heterocycles. The summed E-state index contributed by atoms with van der Waals surface area (Å²) >= 11 is 0.624. The Hall–Kier alpha value is -1.50. The molecule has 2 N–H and O–H groups in total. The Morgan fingerprint density at radius 1 is 1.19 bits per heavy atom. The second-order valence-electron chi connectivity index (χ2n) is 10.1. The van der Waals surface area contributed by atoms with Gasteiger partial charge in [-0.1, -0.05) is 20.8 Å². The van der Waals surface area contributed by atoms with Crippen molar-refractivity contribution in [3.8, 4) is 0 Å². The van der Waals surface area contributed by atoms with Gasteiger partial charge in [0, 0.05) is 12.1 Å². The van der Waals surface area contributed by atoms with Gasteiger partial charge in [0.2, 0.25) is 15.9 Å². The molecule has 0 fully saturated rings. The fourth-order valence-electron chi connectivity index (χ4n) is 4.42. The lowest BCUT2D eigenvalue weighted by Gasteiger charge is -2.43. The molecule has 1 aromatic heterocycles. The van der Waals surface area contributed by atoms with Crippen LogP contribution in [0.4, 0.5) is 0 Å². The molecule has 0 saturated heterocycles. The van der Waals surface area contributed by atoms with E-state index in [1.54, 1.807) is 32.6 Å². The third-order valence-electron chi connectivity index (χ3n) is 8.12. The Kier molecular flexibility index (Phi) is 9.13. The van der Waals surface area contributed by atoms with Crippen molar-refractivity contribution in [3.05, 3.63) is 11.6 Å². The number of amides is 1. The zero-order valence-corrected chi connectivity index (χ0v) is 24.9. The van der Waals surface area contributed by atoms with Gasteiger partial charge in [-0.05, 0) is 66.4 Å². The van der Waals surface area contributed by atoms with Gasteiger partial charge in [0.05, 0.1) is 22.1 Å². The fraction of sp³-hybridized carbons (Fsp3) is 0.750. The molecule has 2 unspecified atom stereocenters. The van der Waals surface area contributed by atoms with Crippen molar-refractivity contribution in [2.45, 2.75) is 107 Å². The summed E-state index contributed by atoms with van der Waals surface area (Å²) in [5, 5.41) is 4.48. The van der Waals surface area contributed by atoms with E-state index in [0.717, 1.165) is 0 Å². The molecule has 1 amide bonds. The maximum absolute atomic E-state index is 14.1. The molecule has 0 bridgehead atoms. The van der Waals surface area contributed by atoms with Crippen molar-refractivity contribution in [3.63, 3.8) is 0 Å². The number of carbonyl (C=O) groups is 2. The minimum absolute atomic E-state index is 0.0686. The van der Waals surface area contributed by atoms with Crippen LogP contribution < -0.4 is 5.14 Å². The second kappa shape index (κ2) is 10.7. The molecule has 1 aromatic rings. The van der Waals surface area contributed by atoms with Gasteiger partial charge in [0.1, 0.15) is 14.5 Å². The maximum atomic E-state index is 14.1. The van der Waals surface area contributed by atoms with Gasteiger partial charge in [-0.2, -0.15) is 0 Å². The predicted molar refractivity (Wildman–Crippen MR) is 140 cm³/mol. The van der Waals surface area contributed by atoms with Crippen molar-refractivity contribution in [1.29, 1.82) is 0 Å². The Morgan fingerprint density at radius 2 is 1.75 bits per heavy atom. The smallest absolute Gasteiger partial charge is 0.312 e. The molecule has 206 valence electrons. The van der Waals surface area contributed by atoms with Crippen LogP contribution in [-0.4, -0.2) is 51.5 Å². The number of sulfonamides is 1. The van der Waals surface area contributed by atoms with E-state index in [2.05, 4.69) is 0 Å². The van der Waals surface area contributed by atoms with E-state index >= 15 is 0 Å². The van der Waals surface area contributed by atoms with Crippen molar-refractivity contribution < 1.29 is 31.2 Å². The first kappa shape index (κ1) is 30.7. The van der Waals surface area contributed by atoms with Gasteiger partial charge in [0.15, 0.2) is 9.84 Å². The number of hydrogen-bond acceptors (Lipinski definition) is 8. The number of ether oxygens (including phenoxy) is 1. The molecule has 36 heavy (non-hydrogen) atoms. The van der Waals surface area contributed by atoms with Gasteiger partial charge in [0.25, 0.3) is 0 Å². The molecule has 0 aromatic carbocycles. The van der Waals surface area contributed by atoms with Crippen LogP contribution in [0, 0.1) is 10.8 Å². The van der Waals surface area contributed by atoms with E-state index in [1.807, 2.05) is 27.7 Å². The lowest BCUT2D eigenvalue weighted by atomic mass is 9.79. The molecule has 4 atom stereocenters. The largest absolute Gasteiger partial charge is 0.461 e. The summed E-state index contributed by atoms with van der Waals surface area (Å²) in [5.74, 6) is -0.640. The van der Waals surface area contributed by atoms with Gasteiger partial charge >= 0.3 is 5.97 Å². The standard InChI is InChI=1S/C24H40N2O7S3/c1-9-23(7,10-2)22(28)33-16(6)24(8,11-3)21(27)26(12-4)18-13-15(5)35(29,30)20-17(18)14-19(34-20)36(25,31)32/h14-16,18H,9-13H2,1-8H3,(H2,25,31,32)/t15-,16?,18-,24?/m1/s1. The highest BCUT2D eigenvalue weighted by atomic mass is 32.3. The highest BCUT2D eigenvalue weighted by Crippen LogP contribution is 2.46. The average Bonchev–Trinajstić information content (AvgIpc) is 3.29. The van der Waals surface area contributed by atoms with Crippen LogP contribution >= 0.6 is 11.3 Å². The Labute approximate surface area is 219 Å². The topological polar surface area (TPSA) is 141 Å². The summed E-state index contributed by atoms with van der Waals surface area (Å²) in [5.41, 5.74) is -1.46. The van der Waals surface area contributed by atoms with E-state index in [9.17, 15) is 26.4 Å². The van der Waals surface area contributed by atoms with E-state index in [1.165, 1.54) is 6.07 Å². The van der Waals surface area contributed by atoms with Crippen molar-refractivity contribution in [1.82, 2.24) is 4.90 Å². The number of primary sulfonamides is 1. The van der Waals surface area contributed by atoms with Crippen LogP contribution in [0.3, 0.4) is 0 Å². The number of rotatable bonds is 10. The third-order valence-corrected chi connectivity index (χ3v) is 13.4. The Balaban J connectivity index is 2.53. The van der Waals surface area contributed by atoms with Crippen molar-refractivity contribution >= 4 is 43.1 Å². The van der Waals surface area contributed by atoms with Gasteiger partial charge < -0.3 is 9.64 Å². The molecule has 12 heteroatoms. The normalized spacial score (nSPS) is 22.2. The van der Waals surface area contributed by atoms with E-state index in [-0.39, 0.29) is 38.8 Å².